The molecule has 0 spiro atoms. The Hall–Kier alpha value is -1.66. The summed E-state index contributed by atoms with van der Waals surface area (Å²) in [6.07, 6.45) is 2.48. The number of halogens is 1. The summed E-state index contributed by atoms with van der Waals surface area (Å²) in [5.74, 6) is -0.341. The summed E-state index contributed by atoms with van der Waals surface area (Å²) in [5, 5.41) is 22.9. The largest absolute Gasteiger partial charge is 0.393 e. The second-order valence-corrected chi connectivity index (χ2v) is 5.31. The van der Waals surface area contributed by atoms with Crippen molar-refractivity contribution in [2.24, 2.45) is 0 Å². The van der Waals surface area contributed by atoms with Crippen LogP contribution in [0.15, 0.2) is 18.2 Å². The number of nitro benzene ring substituents is 1. The molecule has 7 heteroatoms. The molecule has 1 aromatic carbocycles. The first-order valence-electron chi connectivity index (χ1n) is 6.40. The van der Waals surface area contributed by atoms with Crippen LogP contribution in [0.25, 0.3) is 0 Å². The van der Waals surface area contributed by atoms with Crippen molar-refractivity contribution in [2.45, 2.75) is 37.8 Å². The topological polar surface area (TPSA) is 92.5 Å². The maximum Gasteiger partial charge on any atom is 0.270 e. The summed E-state index contributed by atoms with van der Waals surface area (Å²) in [6, 6.07) is 3.79. The van der Waals surface area contributed by atoms with Crippen LogP contribution in [0.4, 0.5) is 5.69 Å². The van der Waals surface area contributed by atoms with Crippen LogP contribution < -0.4 is 5.32 Å². The van der Waals surface area contributed by atoms with Crippen molar-refractivity contribution in [3.8, 4) is 0 Å². The molecule has 0 bridgehead atoms. The van der Waals surface area contributed by atoms with Crippen LogP contribution in [0.3, 0.4) is 0 Å². The fourth-order valence-electron chi connectivity index (χ4n) is 2.29. The Bertz CT molecular complexity index is 527. The first-order chi connectivity index (χ1) is 9.47. The summed E-state index contributed by atoms with van der Waals surface area (Å²) >= 11 is 5.90. The fourth-order valence-corrected chi connectivity index (χ4v) is 2.55. The highest BCUT2D eigenvalue weighted by atomic mass is 35.5. The number of aliphatic hydroxyl groups is 1. The summed E-state index contributed by atoms with van der Waals surface area (Å²) in [5.41, 5.74) is 0.0794. The molecule has 0 saturated heterocycles. The zero-order valence-electron chi connectivity index (χ0n) is 10.7. The van der Waals surface area contributed by atoms with E-state index in [0.717, 1.165) is 12.8 Å². The van der Waals surface area contributed by atoms with Crippen molar-refractivity contribution in [3.63, 3.8) is 0 Å². The zero-order chi connectivity index (χ0) is 14.7. The Morgan fingerprint density at radius 3 is 2.55 bits per heavy atom. The Kier molecular flexibility index (Phi) is 4.57. The molecular weight excluding hydrogens is 284 g/mol. The van der Waals surface area contributed by atoms with Crippen molar-refractivity contribution in [2.75, 3.05) is 0 Å². The number of hydrogen-bond donors (Lipinski definition) is 2. The molecule has 1 aromatic rings. The maximum absolute atomic E-state index is 12.1. The Morgan fingerprint density at radius 2 is 2.00 bits per heavy atom. The molecule has 1 aliphatic rings. The van der Waals surface area contributed by atoms with Gasteiger partial charge in [-0.05, 0) is 31.7 Å². The smallest absolute Gasteiger partial charge is 0.270 e. The normalized spacial score (nSPS) is 22.3. The van der Waals surface area contributed by atoms with Gasteiger partial charge in [-0.15, -0.1) is 0 Å². The number of nitrogens with zero attached hydrogens (tertiary/aromatic N) is 1. The van der Waals surface area contributed by atoms with E-state index in [4.69, 9.17) is 11.6 Å². The first-order valence-corrected chi connectivity index (χ1v) is 6.78. The SMILES string of the molecule is O=C(NC1CCC(O)CC1)c1ccc([N+](=O)[O-])cc1Cl. The number of nitrogens with one attached hydrogen (secondary N) is 1. The molecule has 1 amide bonds. The van der Waals surface area contributed by atoms with E-state index in [2.05, 4.69) is 5.32 Å². The van der Waals surface area contributed by atoms with Crippen molar-refractivity contribution in [3.05, 3.63) is 38.9 Å². The van der Waals surface area contributed by atoms with Gasteiger partial charge in [0.15, 0.2) is 0 Å². The van der Waals surface area contributed by atoms with Crippen molar-refractivity contribution in [1.29, 1.82) is 0 Å². The number of hydrogen-bond acceptors (Lipinski definition) is 4. The second kappa shape index (κ2) is 6.19. The predicted molar refractivity (Wildman–Crippen MR) is 73.8 cm³/mol. The lowest BCUT2D eigenvalue weighted by molar-refractivity contribution is -0.384. The number of carbonyl (C=O) groups is 1. The number of rotatable bonds is 3. The second-order valence-electron chi connectivity index (χ2n) is 4.90. The van der Waals surface area contributed by atoms with Gasteiger partial charge in [-0.2, -0.15) is 0 Å². The molecule has 0 aliphatic heterocycles. The Balaban J connectivity index is 2.04. The summed E-state index contributed by atoms with van der Waals surface area (Å²) in [7, 11) is 0. The minimum absolute atomic E-state index is 0.0113. The number of nitro groups is 1. The van der Waals surface area contributed by atoms with Gasteiger partial charge < -0.3 is 10.4 Å². The Labute approximate surface area is 120 Å². The Morgan fingerprint density at radius 1 is 1.35 bits per heavy atom. The van der Waals surface area contributed by atoms with E-state index in [1.54, 1.807) is 0 Å². The van der Waals surface area contributed by atoms with Crippen LogP contribution in [0.1, 0.15) is 36.0 Å². The van der Waals surface area contributed by atoms with E-state index < -0.39 is 4.92 Å². The van der Waals surface area contributed by atoms with Gasteiger partial charge in [0.25, 0.3) is 11.6 Å². The van der Waals surface area contributed by atoms with Gasteiger partial charge in [0, 0.05) is 18.2 Å². The monoisotopic (exact) mass is 298 g/mol. The van der Waals surface area contributed by atoms with E-state index in [-0.39, 0.29) is 34.3 Å². The number of carbonyl (C=O) groups excluding carboxylic acids is 1. The third kappa shape index (κ3) is 3.46. The molecule has 6 nitrogen and oxygen atoms in total. The summed E-state index contributed by atoms with van der Waals surface area (Å²) < 4.78 is 0. The molecular formula is C13H15ClN2O4. The molecule has 0 unspecified atom stereocenters. The summed E-state index contributed by atoms with van der Waals surface area (Å²) in [6.45, 7) is 0. The van der Waals surface area contributed by atoms with E-state index >= 15 is 0 Å². The van der Waals surface area contributed by atoms with Crippen LogP contribution in [0.5, 0.6) is 0 Å². The lowest BCUT2D eigenvalue weighted by Crippen LogP contribution is -2.38. The van der Waals surface area contributed by atoms with Crippen LogP contribution >= 0.6 is 11.6 Å². The maximum atomic E-state index is 12.1. The third-order valence-corrected chi connectivity index (χ3v) is 3.75. The van der Waals surface area contributed by atoms with Crippen molar-refractivity contribution in [1.82, 2.24) is 5.32 Å². The number of aliphatic hydroxyl groups excluding tert-OH is 1. The fraction of sp³-hybridized carbons (Fsp3) is 0.462. The van der Waals surface area contributed by atoms with Gasteiger partial charge in [0.2, 0.25) is 0 Å². The predicted octanol–water partition coefficient (Wildman–Crippen LogP) is 2.28. The molecule has 1 saturated carbocycles. The van der Waals surface area contributed by atoms with Gasteiger partial charge in [-0.1, -0.05) is 11.6 Å². The minimum Gasteiger partial charge on any atom is -0.393 e. The molecule has 108 valence electrons. The van der Waals surface area contributed by atoms with Crippen molar-refractivity contribution >= 4 is 23.2 Å². The minimum atomic E-state index is -0.559. The van der Waals surface area contributed by atoms with Gasteiger partial charge in [0.05, 0.1) is 21.6 Å². The highest BCUT2D eigenvalue weighted by Crippen LogP contribution is 2.24. The third-order valence-electron chi connectivity index (χ3n) is 3.44. The molecule has 0 heterocycles. The van der Waals surface area contributed by atoms with Gasteiger partial charge in [0.1, 0.15) is 0 Å². The molecule has 2 rings (SSSR count). The van der Waals surface area contributed by atoms with E-state index in [1.807, 2.05) is 0 Å². The number of amides is 1. The van der Waals surface area contributed by atoms with Gasteiger partial charge >= 0.3 is 0 Å². The van der Waals surface area contributed by atoms with Crippen LogP contribution in [0.2, 0.25) is 5.02 Å². The van der Waals surface area contributed by atoms with E-state index in [0.29, 0.717) is 12.8 Å². The molecule has 0 radical (unpaired) electrons. The molecule has 0 atom stereocenters. The van der Waals surface area contributed by atoms with E-state index in [1.165, 1.54) is 18.2 Å². The highest BCUT2D eigenvalue weighted by Gasteiger charge is 2.22. The summed E-state index contributed by atoms with van der Waals surface area (Å²) in [4.78, 5) is 22.1. The molecule has 0 aromatic heterocycles. The average molecular weight is 299 g/mol. The highest BCUT2D eigenvalue weighted by molar-refractivity contribution is 6.34. The number of benzene rings is 1. The number of non-ortho nitro benzene ring substituents is 1. The van der Waals surface area contributed by atoms with Crippen molar-refractivity contribution < 1.29 is 14.8 Å². The lowest BCUT2D eigenvalue weighted by atomic mass is 9.93. The van der Waals surface area contributed by atoms with Gasteiger partial charge in [-0.3, -0.25) is 14.9 Å². The quantitative estimate of drug-likeness (QED) is 0.661. The van der Waals surface area contributed by atoms with Gasteiger partial charge in [-0.25, -0.2) is 0 Å². The zero-order valence-corrected chi connectivity index (χ0v) is 11.5. The van der Waals surface area contributed by atoms with E-state index in [9.17, 15) is 20.0 Å². The molecule has 20 heavy (non-hydrogen) atoms. The average Bonchev–Trinajstić information content (AvgIpc) is 2.41. The molecule has 1 aliphatic carbocycles. The van der Waals surface area contributed by atoms with Crippen LogP contribution in [0, 0.1) is 10.1 Å². The lowest BCUT2D eigenvalue weighted by Gasteiger charge is -2.26. The standard InChI is InChI=1S/C13H15ClN2O4/c14-12-7-9(16(19)20)3-6-11(12)13(18)15-8-1-4-10(17)5-2-8/h3,6-8,10,17H,1-2,4-5H2,(H,15,18). The van der Waals surface area contributed by atoms with Crippen LogP contribution in [-0.4, -0.2) is 28.1 Å². The molecule has 2 N–H and O–H groups in total. The molecule has 1 fully saturated rings. The van der Waals surface area contributed by atoms with Crippen LogP contribution in [-0.2, 0) is 0 Å². The first kappa shape index (κ1) is 14.7.